The lowest BCUT2D eigenvalue weighted by Crippen LogP contribution is -3.00. The van der Waals surface area contributed by atoms with Gasteiger partial charge in [-0.2, -0.15) is 0 Å². The van der Waals surface area contributed by atoms with Crippen LogP contribution in [0.5, 0.6) is 0 Å². The van der Waals surface area contributed by atoms with Gasteiger partial charge in [0.05, 0.1) is 40.3 Å². The Bertz CT molecular complexity index is 207. The van der Waals surface area contributed by atoms with E-state index in [-0.39, 0.29) is 17.0 Å². The van der Waals surface area contributed by atoms with E-state index in [0.29, 0.717) is 0 Å². The van der Waals surface area contributed by atoms with Gasteiger partial charge in [-0.25, -0.2) is 0 Å². The molecule has 0 atom stereocenters. The fourth-order valence-corrected chi connectivity index (χ4v) is 2.88. The highest BCUT2D eigenvalue weighted by Gasteiger charge is 2.27. The number of halogens is 1. The third kappa shape index (κ3) is 6.03. The van der Waals surface area contributed by atoms with Crippen LogP contribution in [0.25, 0.3) is 0 Å². The second-order valence-corrected chi connectivity index (χ2v) is 6.53. The lowest BCUT2D eigenvalue weighted by atomic mass is 10.1. The molecule has 0 aliphatic carbocycles. The van der Waals surface area contributed by atoms with E-state index in [1.165, 1.54) is 80.3 Å². The largest absolute Gasteiger partial charge is 1.00 e. The van der Waals surface area contributed by atoms with Crippen LogP contribution in [0.15, 0.2) is 0 Å². The van der Waals surface area contributed by atoms with Crippen molar-refractivity contribution in [2.45, 2.75) is 46.0 Å². The first-order valence-electron chi connectivity index (χ1n) is 7.71. The summed E-state index contributed by atoms with van der Waals surface area (Å²) in [5.74, 6) is 0. The zero-order valence-electron chi connectivity index (χ0n) is 13.1. The van der Waals surface area contributed by atoms with Crippen molar-refractivity contribution < 1.29 is 25.9 Å². The molecule has 0 amide bonds. The average Bonchev–Trinajstić information content (AvgIpc) is 2.32. The van der Waals surface area contributed by atoms with E-state index in [4.69, 9.17) is 0 Å². The van der Waals surface area contributed by atoms with Crippen LogP contribution in [-0.4, -0.2) is 62.3 Å². The molecule has 0 aromatic carbocycles. The lowest BCUT2D eigenvalue weighted by Gasteiger charge is -2.40. The third-order valence-electron chi connectivity index (χ3n) is 5.10. The first-order valence-corrected chi connectivity index (χ1v) is 7.71. The molecule has 3 heteroatoms. The van der Waals surface area contributed by atoms with Gasteiger partial charge in [-0.05, 0) is 39.5 Å². The number of hydrogen-bond acceptors (Lipinski definition) is 0. The Morgan fingerprint density at radius 2 is 1.33 bits per heavy atom. The molecule has 18 heavy (non-hydrogen) atoms. The van der Waals surface area contributed by atoms with Crippen LogP contribution in [0.4, 0.5) is 0 Å². The van der Waals surface area contributed by atoms with E-state index in [2.05, 4.69) is 27.9 Å². The molecule has 0 bridgehead atoms. The van der Waals surface area contributed by atoms with Gasteiger partial charge in [0.15, 0.2) is 0 Å². The van der Waals surface area contributed by atoms with Crippen molar-refractivity contribution in [1.82, 2.24) is 0 Å². The van der Waals surface area contributed by atoms with Crippen LogP contribution >= 0.6 is 0 Å². The monoisotopic (exact) mass is 321 g/mol. The highest BCUT2D eigenvalue weighted by Crippen LogP contribution is 2.16. The quantitative estimate of drug-likeness (QED) is 0.620. The Balaban J connectivity index is 0.00000289. The normalized spacial score (nSPS) is 20.7. The summed E-state index contributed by atoms with van der Waals surface area (Å²) < 4.78 is 2.57. The van der Waals surface area contributed by atoms with E-state index >= 15 is 0 Å². The third-order valence-corrected chi connectivity index (χ3v) is 5.10. The number of likely N-dealkylation sites (tertiary alicyclic amines) is 1. The molecule has 1 saturated heterocycles. The molecule has 1 aliphatic rings. The van der Waals surface area contributed by atoms with Crippen molar-refractivity contribution in [3.8, 4) is 0 Å². The fourth-order valence-electron chi connectivity index (χ4n) is 2.88. The second-order valence-electron chi connectivity index (χ2n) is 6.53. The summed E-state index contributed by atoms with van der Waals surface area (Å²) in [4.78, 5) is 0. The van der Waals surface area contributed by atoms with E-state index in [1.54, 1.807) is 0 Å². The van der Waals surface area contributed by atoms with Gasteiger partial charge in [-0.1, -0.05) is 6.42 Å². The van der Waals surface area contributed by atoms with Crippen LogP contribution in [0.3, 0.4) is 0 Å². The summed E-state index contributed by atoms with van der Waals surface area (Å²) in [5.41, 5.74) is 0. The minimum atomic E-state index is 0. The summed E-state index contributed by atoms with van der Waals surface area (Å²) >= 11 is 0. The molecule has 1 aliphatic heterocycles. The maximum atomic E-state index is 2.49. The van der Waals surface area contributed by atoms with E-state index in [0.717, 1.165) is 0 Å². The first-order chi connectivity index (χ1) is 8.04. The highest BCUT2D eigenvalue weighted by atomic mass is 79.9. The fraction of sp³-hybridized carbons (Fsp3) is 1.00. The molecule has 0 aromatic heterocycles. The number of likely N-dealkylation sites (N-methyl/N-ethyl adjacent to an activating group) is 2. The van der Waals surface area contributed by atoms with Crippen LogP contribution in [-0.2, 0) is 0 Å². The molecule has 1 fully saturated rings. The van der Waals surface area contributed by atoms with Gasteiger partial charge in [-0.15, -0.1) is 0 Å². The van der Waals surface area contributed by atoms with Gasteiger partial charge in [0.1, 0.15) is 13.1 Å². The van der Waals surface area contributed by atoms with Crippen LogP contribution in [0.2, 0.25) is 0 Å². The smallest absolute Gasteiger partial charge is 0.128 e. The topological polar surface area (TPSA) is 0 Å². The maximum absolute atomic E-state index is 2.49. The number of quaternary nitrogens is 2. The van der Waals surface area contributed by atoms with E-state index in [1.807, 2.05) is 0 Å². The van der Waals surface area contributed by atoms with Crippen molar-refractivity contribution in [1.29, 1.82) is 0 Å². The zero-order valence-corrected chi connectivity index (χ0v) is 14.6. The lowest BCUT2D eigenvalue weighted by molar-refractivity contribution is -0.962. The van der Waals surface area contributed by atoms with Crippen LogP contribution in [0, 0.1) is 0 Å². The van der Waals surface area contributed by atoms with Gasteiger partial charge >= 0.3 is 0 Å². The summed E-state index contributed by atoms with van der Waals surface area (Å²) in [7, 11) is 4.90. The Hall–Kier alpha value is 0.400. The predicted molar refractivity (Wildman–Crippen MR) is 76.0 cm³/mol. The molecule has 0 unspecified atom stereocenters. The van der Waals surface area contributed by atoms with Crippen LogP contribution in [0.1, 0.15) is 46.0 Å². The molecular formula is C15H34BrN2+. The van der Waals surface area contributed by atoms with Gasteiger partial charge < -0.3 is 25.9 Å². The van der Waals surface area contributed by atoms with E-state index < -0.39 is 0 Å². The van der Waals surface area contributed by atoms with Crippen molar-refractivity contribution in [3.63, 3.8) is 0 Å². The summed E-state index contributed by atoms with van der Waals surface area (Å²) in [5, 5.41) is 0. The highest BCUT2D eigenvalue weighted by molar-refractivity contribution is 4.52. The predicted octanol–water partition coefficient (Wildman–Crippen LogP) is -0.112. The molecule has 0 spiro atoms. The molecular weight excluding hydrogens is 288 g/mol. The van der Waals surface area contributed by atoms with Crippen LogP contribution < -0.4 is 17.0 Å². The van der Waals surface area contributed by atoms with Gasteiger partial charge in [0.2, 0.25) is 0 Å². The molecule has 0 N–H and O–H groups in total. The zero-order chi connectivity index (χ0) is 12.8. The molecule has 110 valence electrons. The first kappa shape index (κ1) is 18.4. The molecule has 2 nitrogen and oxygen atoms in total. The molecule has 1 rings (SSSR count). The van der Waals surface area contributed by atoms with Gasteiger partial charge in [0.25, 0.3) is 0 Å². The minimum Gasteiger partial charge on any atom is -1.00 e. The number of hydrogen-bond donors (Lipinski definition) is 0. The standard InChI is InChI=1S/C15H34N2.BrH/c1-5-16(3,6-2)14-15-17(4)12-10-8-7-9-11-13-17;/h5-15H2,1-4H3;1H/q+2;/p-1. The van der Waals surface area contributed by atoms with Crippen molar-refractivity contribution in [3.05, 3.63) is 0 Å². The summed E-state index contributed by atoms with van der Waals surface area (Å²) in [6.45, 7) is 12.8. The Kier molecular flexibility index (Phi) is 8.74. The maximum Gasteiger partial charge on any atom is 0.128 e. The molecule has 1 heterocycles. The van der Waals surface area contributed by atoms with Gasteiger partial charge in [0, 0.05) is 0 Å². The summed E-state index contributed by atoms with van der Waals surface area (Å²) in [6.07, 6.45) is 7.28. The summed E-state index contributed by atoms with van der Waals surface area (Å²) in [6, 6.07) is 0. The van der Waals surface area contributed by atoms with Gasteiger partial charge in [-0.3, -0.25) is 0 Å². The SMILES string of the molecule is CC[N+](C)(CC)CC[N+]1(C)CCCCCCC1.[Br-]. The Labute approximate surface area is 125 Å². The number of nitrogens with zero attached hydrogens (tertiary/aromatic N) is 2. The Morgan fingerprint density at radius 3 is 1.78 bits per heavy atom. The minimum absolute atomic E-state index is 0. The molecule has 0 radical (unpaired) electrons. The molecule has 0 aromatic rings. The van der Waals surface area contributed by atoms with E-state index in [9.17, 15) is 0 Å². The second kappa shape index (κ2) is 8.55. The van der Waals surface area contributed by atoms with Crippen molar-refractivity contribution >= 4 is 0 Å². The van der Waals surface area contributed by atoms with Crippen molar-refractivity contribution in [2.24, 2.45) is 0 Å². The Morgan fingerprint density at radius 1 is 0.889 bits per heavy atom. The molecule has 0 saturated carbocycles. The van der Waals surface area contributed by atoms with Crippen molar-refractivity contribution in [2.75, 3.05) is 53.4 Å². The number of rotatable bonds is 5. The average molecular weight is 322 g/mol.